The van der Waals surface area contributed by atoms with Crippen LogP contribution in [-0.4, -0.2) is 75.9 Å². The molecule has 1 aliphatic carbocycles. The molecule has 4 heterocycles. The number of hydrogen-bond donors (Lipinski definition) is 2. The third-order valence-corrected chi connectivity index (χ3v) is 8.86. The van der Waals surface area contributed by atoms with E-state index in [0.29, 0.717) is 64.0 Å². The Morgan fingerprint density at radius 3 is 2.62 bits per heavy atom. The largest absolute Gasteiger partial charge is 0.494 e. The molecule has 2 unspecified atom stereocenters. The summed E-state index contributed by atoms with van der Waals surface area (Å²) in [5.74, 6) is 2.60. The number of nitrogens with one attached hydrogen (secondary N) is 2. The van der Waals surface area contributed by atoms with E-state index < -0.39 is 0 Å². The Hall–Kier alpha value is -5.23. The lowest BCUT2D eigenvalue weighted by molar-refractivity contribution is -0.111. The molecule has 2 aromatic carbocycles. The molecule has 1 saturated carbocycles. The number of likely N-dealkylation sites (tertiary alicyclic amines) is 1. The van der Waals surface area contributed by atoms with Crippen LogP contribution in [-0.2, 0) is 11.8 Å². The zero-order chi connectivity index (χ0) is 31.4. The van der Waals surface area contributed by atoms with Gasteiger partial charge in [0.25, 0.3) is 5.89 Å². The maximum absolute atomic E-state index is 12.5. The van der Waals surface area contributed by atoms with Gasteiger partial charge in [0.1, 0.15) is 5.75 Å². The van der Waals surface area contributed by atoms with Crippen LogP contribution in [0, 0.1) is 18.8 Å². The summed E-state index contributed by atoms with van der Waals surface area (Å²) in [6, 6.07) is 12.3. The zero-order valence-corrected chi connectivity index (χ0v) is 25.9. The molecule has 1 aliphatic heterocycles. The van der Waals surface area contributed by atoms with Crippen LogP contribution in [0.15, 0.2) is 65.9 Å². The van der Waals surface area contributed by atoms with E-state index in [1.165, 1.54) is 6.08 Å². The van der Waals surface area contributed by atoms with Crippen molar-refractivity contribution in [3.63, 3.8) is 0 Å². The molecule has 45 heavy (non-hydrogen) atoms. The first-order chi connectivity index (χ1) is 21.7. The second kappa shape index (κ2) is 11.0. The van der Waals surface area contributed by atoms with Crippen LogP contribution < -0.4 is 20.3 Å². The highest BCUT2D eigenvalue weighted by Gasteiger charge is 2.57. The van der Waals surface area contributed by atoms with Crippen LogP contribution in [0.25, 0.3) is 33.6 Å². The fourth-order valence-corrected chi connectivity index (χ4v) is 6.71. The third kappa shape index (κ3) is 5.06. The molecule has 3 aromatic heterocycles. The maximum Gasteiger partial charge on any atom is 0.251 e. The molecule has 0 radical (unpaired) electrons. The average Bonchev–Trinajstić information content (AvgIpc) is 3.34. The SMILES string of the molecule is C=CC(=O)Nc1cc(Nc2ncc(-c3nnc(C)o3)c(-c3cn(C)c4ccccc34)n2)c(OC)cc1N(C)C1C2CN(C)CC21. The molecular formula is C33H35N9O3. The van der Waals surface area contributed by atoms with Gasteiger partial charge < -0.3 is 34.2 Å². The van der Waals surface area contributed by atoms with E-state index in [2.05, 4.69) is 73.0 Å². The van der Waals surface area contributed by atoms with E-state index >= 15 is 0 Å². The second-order valence-corrected chi connectivity index (χ2v) is 11.8. The molecule has 2 atom stereocenters. The second-order valence-electron chi connectivity index (χ2n) is 11.8. The summed E-state index contributed by atoms with van der Waals surface area (Å²) in [4.78, 5) is 26.8. The zero-order valence-electron chi connectivity index (χ0n) is 25.9. The first-order valence-electron chi connectivity index (χ1n) is 14.8. The van der Waals surface area contributed by atoms with Crippen LogP contribution in [0.5, 0.6) is 5.75 Å². The quantitative estimate of drug-likeness (QED) is 0.225. The lowest BCUT2D eigenvalue weighted by atomic mass is 10.1. The molecule has 5 aromatic rings. The number of methoxy groups -OCH3 is 1. The Balaban J connectivity index is 1.30. The predicted molar refractivity (Wildman–Crippen MR) is 174 cm³/mol. The number of piperidine rings is 1. The number of nitrogens with zero attached hydrogens (tertiary/aromatic N) is 7. The van der Waals surface area contributed by atoms with Crippen LogP contribution in [0.1, 0.15) is 5.89 Å². The fourth-order valence-electron chi connectivity index (χ4n) is 6.71. The Bertz CT molecular complexity index is 1940. The van der Waals surface area contributed by atoms with Gasteiger partial charge in [0, 0.05) is 75.1 Å². The molecule has 12 heteroatoms. The minimum Gasteiger partial charge on any atom is -0.494 e. The Morgan fingerprint density at radius 1 is 1.13 bits per heavy atom. The molecule has 0 bridgehead atoms. The molecular weight excluding hydrogens is 570 g/mol. The minimum atomic E-state index is -0.301. The molecule has 12 nitrogen and oxygen atoms in total. The van der Waals surface area contributed by atoms with Crippen LogP contribution in [0.2, 0.25) is 0 Å². The number of aromatic nitrogens is 5. The lowest BCUT2D eigenvalue weighted by Gasteiger charge is -2.27. The number of benzene rings is 2. The van der Waals surface area contributed by atoms with Crippen molar-refractivity contribution in [2.75, 3.05) is 49.8 Å². The first kappa shape index (κ1) is 28.5. The van der Waals surface area contributed by atoms with Gasteiger partial charge in [-0.05, 0) is 37.1 Å². The van der Waals surface area contributed by atoms with E-state index in [1.807, 2.05) is 37.5 Å². The van der Waals surface area contributed by atoms with Gasteiger partial charge in [-0.2, -0.15) is 0 Å². The highest BCUT2D eigenvalue weighted by atomic mass is 16.5. The molecule has 2 N–H and O–H groups in total. The van der Waals surface area contributed by atoms with Crippen molar-refractivity contribution in [1.82, 2.24) is 29.6 Å². The van der Waals surface area contributed by atoms with Gasteiger partial charge in [-0.25, -0.2) is 9.97 Å². The molecule has 7 rings (SSSR count). The molecule has 0 spiro atoms. The van der Waals surface area contributed by atoms with Gasteiger partial charge in [-0.3, -0.25) is 4.79 Å². The number of para-hydroxylation sites is 1. The highest BCUT2D eigenvalue weighted by Crippen LogP contribution is 2.51. The van der Waals surface area contributed by atoms with Crippen molar-refractivity contribution in [3.05, 3.63) is 67.3 Å². The van der Waals surface area contributed by atoms with E-state index in [1.54, 1.807) is 20.2 Å². The Morgan fingerprint density at radius 2 is 1.91 bits per heavy atom. The number of aryl methyl sites for hydroxylation is 2. The van der Waals surface area contributed by atoms with Crippen molar-refractivity contribution in [2.45, 2.75) is 13.0 Å². The molecule has 2 fully saturated rings. The number of carbonyl (C=O) groups is 1. The van der Waals surface area contributed by atoms with E-state index in [9.17, 15) is 4.79 Å². The van der Waals surface area contributed by atoms with Gasteiger partial charge in [-0.15, -0.1) is 10.2 Å². The van der Waals surface area contributed by atoms with Crippen molar-refractivity contribution < 1.29 is 13.9 Å². The summed E-state index contributed by atoms with van der Waals surface area (Å²) in [6.45, 7) is 7.53. The maximum atomic E-state index is 12.5. The van der Waals surface area contributed by atoms with Gasteiger partial charge in [0.15, 0.2) is 0 Å². The monoisotopic (exact) mass is 605 g/mol. The number of amides is 1. The summed E-state index contributed by atoms with van der Waals surface area (Å²) in [5, 5.41) is 15.6. The molecule has 1 amide bonds. The minimum absolute atomic E-state index is 0.301. The fraction of sp³-hybridized carbons (Fsp3) is 0.303. The van der Waals surface area contributed by atoms with Crippen molar-refractivity contribution in [3.8, 4) is 28.5 Å². The topological polar surface area (TPSA) is 126 Å². The summed E-state index contributed by atoms with van der Waals surface area (Å²) in [6.07, 6.45) is 4.97. The van der Waals surface area contributed by atoms with E-state index in [4.69, 9.17) is 14.1 Å². The number of anilines is 4. The number of carbonyl (C=O) groups excluding carboxylic acids is 1. The molecule has 1 saturated heterocycles. The van der Waals surface area contributed by atoms with E-state index in [0.717, 1.165) is 35.2 Å². The van der Waals surface area contributed by atoms with Crippen LogP contribution >= 0.6 is 0 Å². The summed E-state index contributed by atoms with van der Waals surface area (Å²) < 4.78 is 13.7. The Labute approximate surface area is 260 Å². The predicted octanol–water partition coefficient (Wildman–Crippen LogP) is 4.87. The lowest BCUT2D eigenvalue weighted by Crippen LogP contribution is -2.31. The molecule has 2 aliphatic rings. The Kier molecular flexibility index (Phi) is 7.00. The first-order valence-corrected chi connectivity index (χ1v) is 14.8. The van der Waals surface area contributed by atoms with Gasteiger partial charge in [0.2, 0.25) is 17.7 Å². The van der Waals surface area contributed by atoms with Crippen molar-refractivity contribution in [2.24, 2.45) is 18.9 Å². The standard InChI is InChI=1S/C33H35N9O3/c1-7-29(43)35-24-12-25(28(44-6)13-27(24)42(5)31-22-15-40(3)16-23(22)31)36-33-34-14-20(32-39-38-18(2)45-32)30(37-33)21-17-41(4)26-11-9-8-10-19(21)26/h7-14,17,22-23,31H,1,15-16H2,2-6H3,(H,35,43)(H,34,36,37). The summed E-state index contributed by atoms with van der Waals surface area (Å²) in [7, 11) is 7.85. The normalized spacial score (nSPS) is 18.9. The van der Waals surface area contributed by atoms with Gasteiger partial charge >= 0.3 is 0 Å². The number of hydrogen-bond acceptors (Lipinski definition) is 10. The summed E-state index contributed by atoms with van der Waals surface area (Å²) in [5.41, 5.74) is 5.30. The van der Waals surface area contributed by atoms with Gasteiger partial charge in [-0.1, -0.05) is 24.8 Å². The van der Waals surface area contributed by atoms with E-state index in [-0.39, 0.29) is 5.91 Å². The average molecular weight is 606 g/mol. The third-order valence-electron chi connectivity index (χ3n) is 8.86. The van der Waals surface area contributed by atoms with Crippen molar-refractivity contribution in [1.29, 1.82) is 0 Å². The number of rotatable bonds is 9. The summed E-state index contributed by atoms with van der Waals surface area (Å²) >= 11 is 0. The van der Waals surface area contributed by atoms with Gasteiger partial charge in [0.05, 0.1) is 35.4 Å². The number of fused-ring (bicyclic) bond motifs is 2. The van der Waals surface area contributed by atoms with Crippen molar-refractivity contribution >= 4 is 39.8 Å². The van der Waals surface area contributed by atoms with Crippen LogP contribution in [0.3, 0.4) is 0 Å². The smallest absolute Gasteiger partial charge is 0.251 e. The molecule has 230 valence electrons. The highest BCUT2D eigenvalue weighted by molar-refractivity contribution is 6.02. The van der Waals surface area contributed by atoms with Crippen LogP contribution in [0.4, 0.5) is 23.0 Å². The number of ether oxygens (including phenoxy) is 1.